The summed E-state index contributed by atoms with van der Waals surface area (Å²) in [5, 5.41) is 2.77. The van der Waals surface area contributed by atoms with E-state index in [-0.39, 0.29) is 16.8 Å². The highest BCUT2D eigenvalue weighted by Gasteiger charge is 2.28. The van der Waals surface area contributed by atoms with Crippen molar-refractivity contribution in [2.24, 2.45) is 0 Å². The zero-order valence-corrected chi connectivity index (χ0v) is 20.0. The highest BCUT2D eigenvalue weighted by molar-refractivity contribution is 7.89. The smallest absolute Gasteiger partial charge is 0.243 e. The summed E-state index contributed by atoms with van der Waals surface area (Å²) in [4.78, 5) is 13.2. The Hall–Kier alpha value is -3.54. The highest BCUT2D eigenvalue weighted by Crippen LogP contribution is 2.30. The fourth-order valence-electron chi connectivity index (χ4n) is 3.43. The lowest BCUT2D eigenvalue weighted by atomic mass is 10.1. The van der Waals surface area contributed by atoms with Gasteiger partial charge in [0.2, 0.25) is 15.9 Å². The fourth-order valence-corrected chi connectivity index (χ4v) is 5.39. The molecule has 1 heterocycles. The third-order valence-corrected chi connectivity index (χ3v) is 7.13. The van der Waals surface area contributed by atoms with Crippen molar-refractivity contribution in [3.8, 4) is 11.5 Å². The Morgan fingerprint density at radius 2 is 1.74 bits per heavy atom. The van der Waals surface area contributed by atoms with Gasteiger partial charge < -0.3 is 14.8 Å². The van der Waals surface area contributed by atoms with Crippen molar-refractivity contribution in [1.82, 2.24) is 13.5 Å². The standard InChI is InChI=1S/C23H22N4O5S2/c1-31-19-12-11-16(14-20(19)32-2)24-23(28)18(13-15-7-4-3-5-8-15)27-34(29,30)21-10-6-9-17-22(21)26-33-25-17/h3-12,14,18,27H,13H2,1-2H3,(H,24,28). The Morgan fingerprint density at radius 3 is 2.47 bits per heavy atom. The van der Waals surface area contributed by atoms with E-state index in [4.69, 9.17) is 9.47 Å². The van der Waals surface area contributed by atoms with Crippen LogP contribution in [0.25, 0.3) is 11.0 Å². The normalized spacial score (nSPS) is 12.3. The molecule has 1 unspecified atom stereocenters. The van der Waals surface area contributed by atoms with Crippen molar-refractivity contribution >= 4 is 44.4 Å². The summed E-state index contributed by atoms with van der Waals surface area (Å²) in [6, 6.07) is 17.7. The van der Waals surface area contributed by atoms with Crippen LogP contribution >= 0.6 is 11.7 Å². The lowest BCUT2D eigenvalue weighted by molar-refractivity contribution is -0.117. The van der Waals surface area contributed by atoms with Crippen molar-refractivity contribution in [3.05, 3.63) is 72.3 Å². The number of amides is 1. The molecule has 0 aliphatic heterocycles. The third kappa shape index (κ3) is 5.16. The number of sulfonamides is 1. The number of ether oxygens (including phenoxy) is 2. The number of rotatable bonds is 9. The Labute approximate surface area is 201 Å². The number of hydrogen-bond donors (Lipinski definition) is 2. The number of benzene rings is 3. The summed E-state index contributed by atoms with van der Waals surface area (Å²) >= 11 is 0.926. The van der Waals surface area contributed by atoms with Gasteiger partial charge in [0.1, 0.15) is 22.0 Å². The van der Waals surface area contributed by atoms with Crippen LogP contribution in [-0.2, 0) is 21.2 Å². The topological polar surface area (TPSA) is 120 Å². The summed E-state index contributed by atoms with van der Waals surface area (Å²) in [6.07, 6.45) is 0.143. The van der Waals surface area contributed by atoms with Crippen molar-refractivity contribution in [1.29, 1.82) is 0 Å². The van der Waals surface area contributed by atoms with Crippen LogP contribution in [0.2, 0.25) is 0 Å². The first-order valence-corrected chi connectivity index (χ1v) is 12.4. The van der Waals surface area contributed by atoms with Gasteiger partial charge in [0.15, 0.2) is 11.5 Å². The predicted octanol–water partition coefficient (Wildman–Crippen LogP) is 3.24. The van der Waals surface area contributed by atoms with Gasteiger partial charge >= 0.3 is 0 Å². The number of fused-ring (bicyclic) bond motifs is 1. The molecule has 176 valence electrons. The van der Waals surface area contributed by atoms with E-state index >= 15 is 0 Å². The molecule has 2 N–H and O–H groups in total. The molecule has 11 heteroatoms. The molecule has 0 bridgehead atoms. The van der Waals surface area contributed by atoms with E-state index in [9.17, 15) is 13.2 Å². The summed E-state index contributed by atoms with van der Waals surface area (Å²) in [5.74, 6) is 0.415. The minimum Gasteiger partial charge on any atom is -0.493 e. The minimum absolute atomic E-state index is 0.0317. The lowest BCUT2D eigenvalue weighted by Crippen LogP contribution is -2.45. The summed E-state index contributed by atoms with van der Waals surface area (Å²) in [6.45, 7) is 0. The Morgan fingerprint density at radius 1 is 0.971 bits per heavy atom. The van der Waals surface area contributed by atoms with Gasteiger partial charge in [-0.15, -0.1) is 0 Å². The van der Waals surface area contributed by atoms with E-state index in [0.29, 0.717) is 22.7 Å². The van der Waals surface area contributed by atoms with Crippen LogP contribution in [0, 0.1) is 0 Å². The van der Waals surface area contributed by atoms with E-state index in [0.717, 1.165) is 17.3 Å². The Kier molecular flexibility index (Phi) is 7.06. The van der Waals surface area contributed by atoms with Gasteiger partial charge in [0.25, 0.3) is 0 Å². The molecule has 0 aliphatic rings. The first-order chi connectivity index (χ1) is 16.4. The molecule has 1 aromatic heterocycles. The van der Waals surface area contributed by atoms with Crippen LogP contribution in [-0.4, -0.2) is 43.3 Å². The molecule has 1 amide bonds. The van der Waals surface area contributed by atoms with E-state index < -0.39 is 22.0 Å². The molecule has 0 aliphatic carbocycles. The van der Waals surface area contributed by atoms with Crippen LogP contribution < -0.4 is 19.5 Å². The monoisotopic (exact) mass is 498 g/mol. The number of hydrogen-bond acceptors (Lipinski definition) is 8. The number of nitrogens with one attached hydrogen (secondary N) is 2. The zero-order chi connectivity index (χ0) is 24.1. The van der Waals surface area contributed by atoms with Crippen LogP contribution in [0.3, 0.4) is 0 Å². The molecule has 0 fully saturated rings. The van der Waals surface area contributed by atoms with Gasteiger partial charge in [-0.3, -0.25) is 4.79 Å². The number of aromatic nitrogens is 2. The number of methoxy groups -OCH3 is 2. The Balaban J connectivity index is 1.64. The first kappa shape index (κ1) is 23.6. The Bertz CT molecular complexity index is 1410. The molecule has 0 saturated carbocycles. The van der Waals surface area contributed by atoms with Crippen LogP contribution in [0.15, 0.2) is 71.6 Å². The number of carbonyl (C=O) groups is 1. The number of nitrogens with zero attached hydrogens (tertiary/aromatic N) is 2. The van der Waals surface area contributed by atoms with Gasteiger partial charge in [0.05, 0.1) is 25.9 Å². The maximum absolute atomic E-state index is 13.3. The average Bonchev–Trinajstić information content (AvgIpc) is 3.33. The van der Waals surface area contributed by atoms with E-state index in [1.807, 2.05) is 30.3 Å². The van der Waals surface area contributed by atoms with Crippen molar-refractivity contribution in [3.63, 3.8) is 0 Å². The molecule has 0 saturated heterocycles. The summed E-state index contributed by atoms with van der Waals surface area (Å²) in [5.41, 5.74) is 1.97. The van der Waals surface area contributed by atoms with Crippen LogP contribution in [0.1, 0.15) is 5.56 Å². The van der Waals surface area contributed by atoms with Crippen molar-refractivity contribution < 1.29 is 22.7 Å². The van der Waals surface area contributed by atoms with Gasteiger partial charge in [-0.05, 0) is 36.2 Å². The second-order valence-corrected chi connectivity index (χ2v) is 9.52. The van der Waals surface area contributed by atoms with E-state index in [1.165, 1.54) is 20.3 Å². The fraction of sp³-hybridized carbons (Fsp3) is 0.174. The molecular formula is C23H22N4O5S2. The predicted molar refractivity (Wildman–Crippen MR) is 130 cm³/mol. The molecule has 4 rings (SSSR count). The molecule has 34 heavy (non-hydrogen) atoms. The number of carbonyl (C=O) groups excluding carboxylic acids is 1. The molecule has 0 radical (unpaired) electrons. The molecule has 9 nitrogen and oxygen atoms in total. The largest absolute Gasteiger partial charge is 0.493 e. The van der Waals surface area contributed by atoms with Gasteiger partial charge in [-0.1, -0.05) is 36.4 Å². The summed E-state index contributed by atoms with van der Waals surface area (Å²) in [7, 11) is -1.09. The third-order valence-electron chi connectivity index (χ3n) is 5.09. The lowest BCUT2D eigenvalue weighted by Gasteiger charge is -2.19. The first-order valence-electron chi connectivity index (χ1n) is 10.2. The second kappa shape index (κ2) is 10.2. The summed E-state index contributed by atoms with van der Waals surface area (Å²) < 4.78 is 47.9. The van der Waals surface area contributed by atoms with Crippen molar-refractivity contribution in [2.75, 3.05) is 19.5 Å². The molecule has 0 spiro atoms. The number of anilines is 1. The maximum atomic E-state index is 13.3. The van der Waals surface area contributed by atoms with Gasteiger partial charge in [-0.25, -0.2) is 8.42 Å². The van der Waals surface area contributed by atoms with Gasteiger partial charge in [-0.2, -0.15) is 13.5 Å². The molecule has 4 aromatic rings. The molecule has 3 aromatic carbocycles. The van der Waals surface area contributed by atoms with Crippen molar-refractivity contribution in [2.45, 2.75) is 17.4 Å². The molecule has 1 atom stereocenters. The van der Waals surface area contributed by atoms with E-state index in [2.05, 4.69) is 18.8 Å². The second-order valence-electron chi connectivity index (χ2n) is 7.31. The maximum Gasteiger partial charge on any atom is 0.243 e. The highest BCUT2D eigenvalue weighted by atomic mass is 32.2. The zero-order valence-electron chi connectivity index (χ0n) is 18.4. The minimum atomic E-state index is -4.09. The molecular weight excluding hydrogens is 476 g/mol. The van der Waals surface area contributed by atoms with Gasteiger partial charge in [0, 0.05) is 11.8 Å². The average molecular weight is 499 g/mol. The van der Waals surface area contributed by atoms with E-state index in [1.54, 1.807) is 30.3 Å². The van der Waals surface area contributed by atoms with Crippen LogP contribution in [0.5, 0.6) is 11.5 Å². The SMILES string of the molecule is COc1ccc(NC(=O)C(Cc2ccccc2)NS(=O)(=O)c2cccc3nsnc23)cc1OC. The quantitative estimate of drug-likeness (QED) is 0.364. The van der Waals surface area contributed by atoms with Crippen LogP contribution in [0.4, 0.5) is 5.69 Å².